The summed E-state index contributed by atoms with van der Waals surface area (Å²) in [7, 11) is 1.13. The standard InChI is InChI=1S/C10H13NO7/c1-6(17-10(15)16-2)5-9(14)18-11-7(12)3-4-8(11)13/h6H,3-5H2,1-2H3. The van der Waals surface area contributed by atoms with Crippen LogP contribution in [-0.2, 0) is 28.7 Å². The number of nitrogens with zero attached hydrogens (tertiary/aromatic N) is 1. The number of carbonyl (C=O) groups is 4. The van der Waals surface area contributed by atoms with Gasteiger partial charge in [0, 0.05) is 12.8 Å². The average Bonchev–Trinajstić information content (AvgIpc) is 2.60. The van der Waals surface area contributed by atoms with Crippen molar-refractivity contribution in [3.05, 3.63) is 0 Å². The molecule has 0 N–H and O–H groups in total. The number of amides is 2. The Morgan fingerprint density at radius 2 is 1.83 bits per heavy atom. The Morgan fingerprint density at radius 3 is 2.33 bits per heavy atom. The number of hydroxylamine groups is 2. The number of rotatable bonds is 4. The predicted octanol–water partition coefficient (Wildman–Crippen LogP) is 0.155. The number of carbonyl (C=O) groups excluding carboxylic acids is 4. The summed E-state index contributed by atoms with van der Waals surface area (Å²) in [6, 6.07) is 0. The maximum atomic E-state index is 11.4. The van der Waals surface area contributed by atoms with Crippen LogP contribution in [0.4, 0.5) is 4.79 Å². The Kier molecular flexibility index (Phi) is 4.64. The summed E-state index contributed by atoms with van der Waals surface area (Å²) in [5.41, 5.74) is 0. The molecule has 1 atom stereocenters. The largest absolute Gasteiger partial charge is 0.508 e. The molecule has 1 fully saturated rings. The summed E-state index contributed by atoms with van der Waals surface area (Å²) in [5.74, 6) is -1.96. The molecule has 100 valence electrons. The Balaban J connectivity index is 2.39. The van der Waals surface area contributed by atoms with E-state index < -0.39 is 30.0 Å². The van der Waals surface area contributed by atoms with Crippen LogP contribution < -0.4 is 0 Å². The van der Waals surface area contributed by atoms with Crippen molar-refractivity contribution in [3.63, 3.8) is 0 Å². The van der Waals surface area contributed by atoms with Gasteiger partial charge in [0.1, 0.15) is 6.10 Å². The molecule has 8 heteroatoms. The topological polar surface area (TPSA) is 99.2 Å². The first-order valence-electron chi connectivity index (χ1n) is 5.25. The van der Waals surface area contributed by atoms with Gasteiger partial charge in [0.05, 0.1) is 13.5 Å². The molecule has 1 unspecified atom stereocenters. The lowest BCUT2D eigenvalue weighted by Gasteiger charge is -2.15. The van der Waals surface area contributed by atoms with Crippen LogP contribution in [0.3, 0.4) is 0 Å². The zero-order valence-electron chi connectivity index (χ0n) is 10.0. The van der Waals surface area contributed by atoms with Gasteiger partial charge in [-0.15, -0.1) is 5.06 Å². The van der Waals surface area contributed by atoms with Crippen LogP contribution in [0.25, 0.3) is 0 Å². The molecular weight excluding hydrogens is 246 g/mol. The van der Waals surface area contributed by atoms with E-state index in [1.807, 2.05) is 0 Å². The monoisotopic (exact) mass is 259 g/mol. The number of hydrogen-bond acceptors (Lipinski definition) is 7. The van der Waals surface area contributed by atoms with Gasteiger partial charge in [-0.25, -0.2) is 9.59 Å². The van der Waals surface area contributed by atoms with Gasteiger partial charge in [0.2, 0.25) is 0 Å². The van der Waals surface area contributed by atoms with E-state index in [2.05, 4.69) is 14.3 Å². The Bertz CT molecular complexity index is 362. The molecule has 0 aromatic rings. The van der Waals surface area contributed by atoms with Gasteiger partial charge >= 0.3 is 12.1 Å². The van der Waals surface area contributed by atoms with Crippen LogP contribution in [0, 0.1) is 0 Å². The number of methoxy groups -OCH3 is 1. The Morgan fingerprint density at radius 1 is 1.28 bits per heavy atom. The van der Waals surface area contributed by atoms with Crippen LogP contribution in [0.15, 0.2) is 0 Å². The molecule has 1 aliphatic heterocycles. The molecule has 1 aliphatic rings. The second kappa shape index (κ2) is 5.99. The summed E-state index contributed by atoms with van der Waals surface area (Å²) in [4.78, 5) is 49.0. The van der Waals surface area contributed by atoms with E-state index in [1.165, 1.54) is 6.92 Å². The summed E-state index contributed by atoms with van der Waals surface area (Å²) < 4.78 is 8.88. The van der Waals surface area contributed by atoms with Crippen molar-refractivity contribution in [1.29, 1.82) is 0 Å². The second-order valence-electron chi connectivity index (χ2n) is 3.63. The van der Waals surface area contributed by atoms with E-state index in [1.54, 1.807) is 0 Å². The molecule has 0 aromatic heterocycles. The van der Waals surface area contributed by atoms with Gasteiger partial charge in [0.25, 0.3) is 11.8 Å². The van der Waals surface area contributed by atoms with Crippen LogP contribution in [0.2, 0.25) is 0 Å². The molecule has 0 saturated carbocycles. The van der Waals surface area contributed by atoms with Crippen LogP contribution >= 0.6 is 0 Å². The smallest absolute Gasteiger partial charge is 0.438 e. The summed E-state index contributed by atoms with van der Waals surface area (Å²) in [5, 5.41) is 0.438. The second-order valence-corrected chi connectivity index (χ2v) is 3.63. The van der Waals surface area contributed by atoms with Gasteiger partial charge in [-0.1, -0.05) is 0 Å². The number of imide groups is 1. The molecule has 1 saturated heterocycles. The van der Waals surface area contributed by atoms with Crippen molar-refractivity contribution >= 4 is 23.9 Å². The Hall–Kier alpha value is -2.12. The molecule has 0 spiro atoms. The highest BCUT2D eigenvalue weighted by Crippen LogP contribution is 2.13. The number of hydrogen-bond donors (Lipinski definition) is 0. The minimum Gasteiger partial charge on any atom is -0.438 e. The third-order valence-electron chi connectivity index (χ3n) is 2.12. The highest BCUT2D eigenvalue weighted by atomic mass is 16.7. The maximum Gasteiger partial charge on any atom is 0.508 e. The van der Waals surface area contributed by atoms with Gasteiger partial charge in [-0.05, 0) is 6.92 Å². The highest BCUT2D eigenvalue weighted by molar-refractivity contribution is 6.01. The normalized spacial score (nSPS) is 16.4. The maximum absolute atomic E-state index is 11.4. The third-order valence-corrected chi connectivity index (χ3v) is 2.12. The van der Waals surface area contributed by atoms with Crippen molar-refractivity contribution in [2.45, 2.75) is 32.3 Å². The van der Waals surface area contributed by atoms with Gasteiger partial charge in [-0.2, -0.15) is 0 Å². The van der Waals surface area contributed by atoms with Crippen LogP contribution in [0.5, 0.6) is 0 Å². The van der Waals surface area contributed by atoms with E-state index in [9.17, 15) is 19.2 Å². The molecule has 1 heterocycles. The van der Waals surface area contributed by atoms with Gasteiger partial charge < -0.3 is 14.3 Å². The first-order chi connectivity index (χ1) is 8.43. The van der Waals surface area contributed by atoms with E-state index >= 15 is 0 Å². The van der Waals surface area contributed by atoms with Crippen molar-refractivity contribution in [1.82, 2.24) is 5.06 Å². The first kappa shape index (κ1) is 13.9. The number of ether oxygens (including phenoxy) is 2. The van der Waals surface area contributed by atoms with E-state index in [0.717, 1.165) is 7.11 Å². The third kappa shape index (κ3) is 3.72. The van der Waals surface area contributed by atoms with E-state index in [4.69, 9.17) is 0 Å². The molecule has 0 radical (unpaired) electrons. The minimum absolute atomic E-state index is 0.0281. The fourth-order valence-electron chi connectivity index (χ4n) is 1.29. The quantitative estimate of drug-likeness (QED) is 0.523. The molecule has 0 aromatic carbocycles. The predicted molar refractivity (Wildman–Crippen MR) is 54.7 cm³/mol. The highest BCUT2D eigenvalue weighted by Gasteiger charge is 2.33. The molecular formula is C10H13NO7. The van der Waals surface area contributed by atoms with Gasteiger partial charge in [0.15, 0.2) is 0 Å². The molecule has 2 amide bonds. The lowest BCUT2D eigenvalue weighted by atomic mass is 10.3. The summed E-state index contributed by atoms with van der Waals surface area (Å²) in [6.07, 6.45) is -1.94. The summed E-state index contributed by atoms with van der Waals surface area (Å²) in [6.45, 7) is 1.45. The lowest BCUT2D eigenvalue weighted by molar-refractivity contribution is -0.198. The SMILES string of the molecule is COC(=O)OC(C)CC(=O)ON1C(=O)CCC1=O. The van der Waals surface area contributed by atoms with E-state index in [-0.39, 0.29) is 19.3 Å². The molecule has 18 heavy (non-hydrogen) atoms. The summed E-state index contributed by atoms with van der Waals surface area (Å²) >= 11 is 0. The van der Waals surface area contributed by atoms with Crippen molar-refractivity contribution in [2.75, 3.05) is 7.11 Å². The fourth-order valence-corrected chi connectivity index (χ4v) is 1.29. The van der Waals surface area contributed by atoms with Crippen molar-refractivity contribution in [3.8, 4) is 0 Å². The molecule has 8 nitrogen and oxygen atoms in total. The zero-order chi connectivity index (χ0) is 13.7. The van der Waals surface area contributed by atoms with Gasteiger partial charge in [-0.3, -0.25) is 9.59 Å². The van der Waals surface area contributed by atoms with Crippen LogP contribution in [-0.4, -0.2) is 42.2 Å². The van der Waals surface area contributed by atoms with E-state index in [0.29, 0.717) is 5.06 Å². The average molecular weight is 259 g/mol. The molecule has 1 rings (SSSR count). The van der Waals surface area contributed by atoms with Crippen LogP contribution in [0.1, 0.15) is 26.2 Å². The molecule has 0 bridgehead atoms. The first-order valence-corrected chi connectivity index (χ1v) is 5.25. The zero-order valence-corrected chi connectivity index (χ0v) is 10.0. The Labute approximate surface area is 103 Å². The molecule has 0 aliphatic carbocycles. The fraction of sp³-hybridized carbons (Fsp3) is 0.600. The minimum atomic E-state index is -0.927. The van der Waals surface area contributed by atoms with Crippen molar-refractivity contribution in [2.24, 2.45) is 0 Å². The lowest BCUT2D eigenvalue weighted by Crippen LogP contribution is -2.33. The van der Waals surface area contributed by atoms with Crippen molar-refractivity contribution < 1.29 is 33.5 Å².